The smallest absolute Gasteiger partial charge is 0.163 e. The molecule has 2 aromatic rings. The van der Waals surface area contributed by atoms with Crippen LogP contribution in [-0.4, -0.2) is 15.6 Å². The van der Waals surface area contributed by atoms with Gasteiger partial charge in [0.05, 0.1) is 6.20 Å². The van der Waals surface area contributed by atoms with Crippen molar-refractivity contribution in [3.8, 4) is 0 Å². The molecule has 0 N–H and O–H groups in total. The highest BCUT2D eigenvalue weighted by Gasteiger charge is 2.08. The van der Waals surface area contributed by atoms with Gasteiger partial charge in [-0.05, 0) is 42.7 Å². The number of benzene rings is 1. The lowest BCUT2D eigenvalue weighted by Crippen LogP contribution is -2.02. The van der Waals surface area contributed by atoms with Crippen LogP contribution >= 0.6 is 0 Å². The highest BCUT2D eigenvalue weighted by Crippen LogP contribution is 2.12. The van der Waals surface area contributed by atoms with Gasteiger partial charge in [0, 0.05) is 25.2 Å². The van der Waals surface area contributed by atoms with Gasteiger partial charge in [0.25, 0.3) is 0 Å². The molecule has 0 spiro atoms. The number of aromatic nitrogens is 2. The lowest BCUT2D eigenvalue weighted by Gasteiger charge is -2.02. The van der Waals surface area contributed by atoms with Gasteiger partial charge in [-0.25, -0.2) is 4.39 Å². The molecule has 1 heterocycles. The Kier molecular flexibility index (Phi) is 3.55. The van der Waals surface area contributed by atoms with Crippen LogP contribution in [0, 0.1) is 12.7 Å². The summed E-state index contributed by atoms with van der Waals surface area (Å²) in [7, 11) is 1.84. The summed E-state index contributed by atoms with van der Waals surface area (Å²) < 4.78 is 14.8. The van der Waals surface area contributed by atoms with E-state index in [9.17, 15) is 9.18 Å². The van der Waals surface area contributed by atoms with Gasteiger partial charge in [-0.1, -0.05) is 0 Å². The first kappa shape index (κ1) is 12.5. The molecule has 3 nitrogen and oxygen atoms in total. The van der Waals surface area contributed by atoms with Gasteiger partial charge in [-0.3, -0.25) is 9.48 Å². The SMILES string of the molecule is Cc1cc(C(=O)CCc2cnn(C)c2)ccc1F. The maximum atomic E-state index is 13.1. The van der Waals surface area contributed by atoms with E-state index in [2.05, 4.69) is 5.10 Å². The van der Waals surface area contributed by atoms with E-state index in [0.717, 1.165) is 5.56 Å². The van der Waals surface area contributed by atoms with Crippen molar-refractivity contribution in [2.75, 3.05) is 0 Å². The first-order chi connectivity index (χ1) is 8.56. The number of halogens is 1. The minimum absolute atomic E-state index is 0.0296. The summed E-state index contributed by atoms with van der Waals surface area (Å²) in [6.07, 6.45) is 4.71. The molecule has 94 valence electrons. The van der Waals surface area contributed by atoms with E-state index >= 15 is 0 Å². The van der Waals surface area contributed by atoms with Gasteiger partial charge in [0.2, 0.25) is 0 Å². The van der Waals surface area contributed by atoms with Crippen molar-refractivity contribution < 1.29 is 9.18 Å². The van der Waals surface area contributed by atoms with E-state index < -0.39 is 0 Å². The lowest BCUT2D eigenvalue weighted by molar-refractivity contribution is 0.0982. The van der Waals surface area contributed by atoms with Crippen LogP contribution in [0.5, 0.6) is 0 Å². The molecule has 0 aliphatic carbocycles. The summed E-state index contributed by atoms with van der Waals surface area (Å²) in [5, 5.41) is 4.05. The Hall–Kier alpha value is -1.97. The van der Waals surface area contributed by atoms with Crippen molar-refractivity contribution in [3.63, 3.8) is 0 Å². The normalized spacial score (nSPS) is 10.6. The second-order valence-corrected chi connectivity index (χ2v) is 4.41. The van der Waals surface area contributed by atoms with Gasteiger partial charge in [-0.15, -0.1) is 0 Å². The molecule has 1 aromatic heterocycles. The van der Waals surface area contributed by atoms with E-state index in [1.54, 1.807) is 23.9 Å². The molecule has 0 aliphatic heterocycles. The van der Waals surface area contributed by atoms with Gasteiger partial charge in [0.1, 0.15) is 5.82 Å². The van der Waals surface area contributed by atoms with Gasteiger partial charge in [-0.2, -0.15) is 5.10 Å². The molecular weight excluding hydrogens is 231 g/mol. The molecule has 0 atom stereocenters. The van der Waals surface area contributed by atoms with E-state index in [4.69, 9.17) is 0 Å². The molecule has 18 heavy (non-hydrogen) atoms. The number of Topliss-reactive ketones (excluding diaryl/α,β-unsaturated/α-hetero) is 1. The molecule has 0 saturated carbocycles. The summed E-state index contributed by atoms with van der Waals surface area (Å²) in [6, 6.07) is 4.47. The first-order valence-electron chi connectivity index (χ1n) is 5.83. The Morgan fingerprint density at radius 2 is 2.22 bits per heavy atom. The Morgan fingerprint density at radius 3 is 2.83 bits per heavy atom. The average molecular weight is 246 g/mol. The first-order valence-corrected chi connectivity index (χ1v) is 5.83. The number of carbonyl (C=O) groups excluding carboxylic acids is 1. The number of ketones is 1. The molecule has 2 rings (SSSR count). The molecule has 0 unspecified atom stereocenters. The highest BCUT2D eigenvalue weighted by molar-refractivity contribution is 5.96. The van der Waals surface area contributed by atoms with Crippen LogP contribution in [-0.2, 0) is 13.5 Å². The predicted molar refractivity (Wildman–Crippen MR) is 67.0 cm³/mol. The zero-order valence-corrected chi connectivity index (χ0v) is 10.5. The maximum Gasteiger partial charge on any atom is 0.163 e. The van der Waals surface area contributed by atoms with Crippen molar-refractivity contribution >= 4 is 5.78 Å². The number of rotatable bonds is 4. The predicted octanol–water partition coefficient (Wildman–Crippen LogP) is 2.68. The van der Waals surface area contributed by atoms with Crippen molar-refractivity contribution in [1.29, 1.82) is 0 Å². The van der Waals surface area contributed by atoms with Crippen LogP contribution in [0.25, 0.3) is 0 Å². The Labute approximate surface area is 105 Å². The van der Waals surface area contributed by atoms with Gasteiger partial charge in [0.15, 0.2) is 5.78 Å². The van der Waals surface area contributed by atoms with Crippen molar-refractivity contribution in [1.82, 2.24) is 9.78 Å². The summed E-state index contributed by atoms with van der Waals surface area (Å²) in [4.78, 5) is 11.9. The fourth-order valence-electron chi connectivity index (χ4n) is 1.82. The van der Waals surface area contributed by atoms with Crippen LogP contribution < -0.4 is 0 Å². The van der Waals surface area contributed by atoms with Crippen molar-refractivity contribution in [3.05, 3.63) is 53.1 Å². The van der Waals surface area contributed by atoms with Crippen LogP contribution in [0.3, 0.4) is 0 Å². The molecule has 0 aliphatic rings. The van der Waals surface area contributed by atoms with Crippen LogP contribution in [0.4, 0.5) is 4.39 Å². The van der Waals surface area contributed by atoms with Gasteiger partial charge >= 0.3 is 0 Å². The van der Waals surface area contributed by atoms with E-state index in [-0.39, 0.29) is 11.6 Å². The van der Waals surface area contributed by atoms with Crippen LogP contribution in [0.1, 0.15) is 27.9 Å². The third kappa shape index (κ3) is 2.83. The number of aryl methyl sites for hydroxylation is 3. The minimum atomic E-state index is -0.279. The average Bonchev–Trinajstić information content (AvgIpc) is 2.75. The summed E-state index contributed by atoms with van der Waals surface area (Å²) in [5.41, 5.74) is 2.10. The topological polar surface area (TPSA) is 34.9 Å². The maximum absolute atomic E-state index is 13.1. The third-order valence-corrected chi connectivity index (χ3v) is 2.88. The highest BCUT2D eigenvalue weighted by atomic mass is 19.1. The van der Waals surface area contributed by atoms with Crippen LogP contribution in [0.2, 0.25) is 0 Å². The van der Waals surface area contributed by atoms with E-state index in [1.165, 1.54) is 12.1 Å². The molecular formula is C14H15FN2O. The molecule has 0 saturated heterocycles. The number of hydrogen-bond acceptors (Lipinski definition) is 2. The number of hydrogen-bond donors (Lipinski definition) is 0. The number of nitrogens with zero attached hydrogens (tertiary/aromatic N) is 2. The van der Waals surface area contributed by atoms with Crippen molar-refractivity contribution in [2.45, 2.75) is 19.8 Å². The quantitative estimate of drug-likeness (QED) is 0.777. The molecule has 0 radical (unpaired) electrons. The summed E-state index contributed by atoms with van der Waals surface area (Å²) in [5.74, 6) is -0.249. The fraction of sp³-hybridized carbons (Fsp3) is 0.286. The standard InChI is InChI=1S/C14H15FN2O/c1-10-7-12(4-5-13(10)15)14(18)6-3-11-8-16-17(2)9-11/h4-5,7-9H,3,6H2,1-2H3. The zero-order valence-electron chi connectivity index (χ0n) is 10.5. The largest absolute Gasteiger partial charge is 0.294 e. The summed E-state index contributed by atoms with van der Waals surface area (Å²) in [6.45, 7) is 1.66. The number of carbonyl (C=O) groups is 1. The Balaban J connectivity index is 2.01. The third-order valence-electron chi connectivity index (χ3n) is 2.88. The lowest BCUT2D eigenvalue weighted by atomic mass is 10.0. The molecule has 1 aromatic carbocycles. The second kappa shape index (κ2) is 5.12. The molecule has 4 heteroatoms. The van der Waals surface area contributed by atoms with E-state index in [0.29, 0.717) is 24.0 Å². The minimum Gasteiger partial charge on any atom is -0.294 e. The molecule has 0 amide bonds. The van der Waals surface area contributed by atoms with E-state index in [1.807, 2.05) is 13.2 Å². The van der Waals surface area contributed by atoms with Crippen molar-refractivity contribution in [2.24, 2.45) is 7.05 Å². The molecule has 0 bridgehead atoms. The van der Waals surface area contributed by atoms with Gasteiger partial charge < -0.3 is 0 Å². The second-order valence-electron chi connectivity index (χ2n) is 4.41. The monoisotopic (exact) mass is 246 g/mol. The Morgan fingerprint density at radius 1 is 1.44 bits per heavy atom. The van der Waals surface area contributed by atoms with Crippen LogP contribution in [0.15, 0.2) is 30.6 Å². The zero-order chi connectivity index (χ0) is 13.1. The fourth-order valence-corrected chi connectivity index (χ4v) is 1.82. The molecule has 0 fully saturated rings. The summed E-state index contributed by atoms with van der Waals surface area (Å²) >= 11 is 0. The Bertz CT molecular complexity index is 575.